The number of carbonyl (C=O) groups excluding carboxylic acids is 1. The average molecular weight is 340 g/mol. The molecule has 1 fully saturated rings. The second-order valence-electron chi connectivity index (χ2n) is 5.60. The Morgan fingerprint density at radius 2 is 2.33 bits per heavy atom. The van der Waals surface area contributed by atoms with Gasteiger partial charge in [0.05, 0.1) is 24.0 Å². The smallest absolute Gasteiger partial charge is 0.295 e. The van der Waals surface area contributed by atoms with Gasteiger partial charge in [-0.1, -0.05) is 0 Å². The molecule has 132 valence electrons. The molecule has 0 spiro atoms. The van der Waals surface area contributed by atoms with Crippen molar-refractivity contribution in [2.75, 3.05) is 38.2 Å². The van der Waals surface area contributed by atoms with Crippen LogP contribution in [0.2, 0.25) is 0 Å². The number of anilines is 1. The highest BCUT2D eigenvalue weighted by Gasteiger charge is 2.30. The summed E-state index contributed by atoms with van der Waals surface area (Å²) in [5, 5.41) is 14.0. The van der Waals surface area contributed by atoms with Crippen molar-refractivity contribution >= 4 is 17.3 Å². The fourth-order valence-electron chi connectivity index (χ4n) is 2.84. The van der Waals surface area contributed by atoms with Gasteiger partial charge in [-0.3, -0.25) is 14.9 Å². The van der Waals surface area contributed by atoms with E-state index in [0.29, 0.717) is 39.0 Å². The van der Waals surface area contributed by atoms with Gasteiger partial charge in [0.2, 0.25) is 5.91 Å². The van der Waals surface area contributed by atoms with E-state index in [1.807, 2.05) is 0 Å². The molecular weight excluding hydrogens is 319 g/mol. The monoisotopic (exact) mass is 340 g/mol. The Hall–Kier alpha value is -2.42. The number of benzene rings is 1. The zero-order valence-corrected chi connectivity index (χ0v) is 13.5. The lowest BCUT2D eigenvalue weighted by molar-refractivity contribution is -0.384. The molecule has 2 rings (SSSR count). The Labute approximate surface area is 138 Å². The van der Waals surface area contributed by atoms with Gasteiger partial charge in [0.25, 0.3) is 5.69 Å². The number of halogens is 1. The lowest BCUT2D eigenvalue weighted by atomic mass is 9.96. The fourth-order valence-corrected chi connectivity index (χ4v) is 2.84. The average Bonchev–Trinajstić information content (AvgIpc) is 2.59. The summed E-state index contributed by atoms with van der Waals surface area (Å²) in [7, 11) is 1.30. The first-order valence-corrected chi connectivity index (χ1v) is 7.72. The van der Waals surface area contributed by atoms with Gasteiger partial charge in [0.1, 0.15) is 5.69 Å². The topological polar surface area (TPSA) is 111 Å². The van der Waals surface area contributed by atoms with E-state index in [4.69, 9.17) is 10.5 Å². The number of nitro benzene ring substituents is 1. The first-order valence-electron chi connectivity index (χ1n) is 7.72. The molecule has 0 aromatic heterocycles. The van der Waals surface area contributed by atoms with Crippen molar-refractivity contribution in [2.24, 2.45) is 11.7 Å². The third-order valence-electron chi connectivity index (χ3n) is 4.02. The number of nitrogens with two attached hydrogens (primary N) is 1. The largest absolute Gasteiger partial charge is 0.494 e. The molecule has 1 aliphatic rings. The highest BCUT2D eigenvalue weighted by atomic mass is 19.1. The third kappa shape index (κ3) is 3.91. The Morgan fingerprint density at radius 1 is 1.58 bits per heavy atom. The van der Waals surface area contributed by atoms with E-state index in [1.54, 1.807) is 4.90 Å². The lowest BCUT2D eigenvalue weighted by Crippen LogP contribution is -2.44. The van der Waals surface area contributed by atoms with Crippen molar-refractivity contribution in [3.8, 4) is 5.75 Å². The third-order valence-corrected chi connectivity index (χ3v) is 4.02. The van der Waals surface area contributed by atoms with Crippen LogP contribution in [0.3, 0.4) is 0 Å². The van der Waals surface area contributed by atoms with E-state index in [0.717, 1.165) is 6.07 Å². The summed E-state index contributed by atoms with van der Waals surface area (Å²) >= 11 is 0. The predicted molar refractivity (Wildman–Crippen MR) is 86.6 cm³/mol. The van der Waals surface area contributed by atoms with Gasteiger partial charge in [-0.15, -0.1) is 0 Å². The van der Waals surface area contributed by atoms with E-state index in [9.17, 15) is 19.3 Å². The molecule has 9 heteroatoms. The van der Waals surface area contributed by atoms with Crippen molar-refractivity contribution in [1.82, 2.24) is 5.32 Å². The molecule has 1 amide bonds. The number of nitrogens with one attached hydrogen (secondary N) is 1. The molecule has 1 unspecified atom stereocenters. The maximum Gasteiger partial charge on any atom is 0.295 e. The molecule has 1 saturated heterocycles. The first-order chi connectivity index (χ1) is 11.5. The fraction of sp³-hybridized carbons (Fsp3) is 0.533. The number of methoxy groups -OCH3 is 1. The molecule has 0 saturated carbocycles. The van der Waals surface area contributed by atoms with Crippen LogP contribution in [0.25, 0.3) is 0 Å². The molecule has 1 aromatic rings. The molecule has 1 aromatic carbocycles. The molecule has 0 bridgehead atoms. The molecule has 24 heavy (non-hydrogen) atoms. The van der Waals surface area contributed by atoms with Gasteiger partial charge in [-0.05, 0) is 12.8 Å². The number of amides is 1. The molecule has 1 atom stereocenters. The molecule has 1 heterocycles. The summed E-state index contributed by atoms with van der Waals surface area (Å²) < 4.78 is 18.7. The zero-order chi connectivity index (χ0) is 17.7. The molecule has 0 radical (unpaired) electrons. The Morgan fingerprint density at radius 3 is 2.96 bits per heavy atom. The van der Waals surface area contributed by atoms with E-state index in [2.05, 4.69) is 5.32 Å². The molecular formula is C15H21FN4O4. The maximum atomic E-state index is 13.8. The number of nitrogens with zero attached hydrogens (tertiary/aromatic N) is 2. The van der Waals surface area contributed by atoms with Crippen molar-refractivity contribution in [2.45, 2.75) is 12.8 Å². The quantitative estimate of drug-likeness (QED) is 0.591. The van der Waals surface area contributed by atoms with E-state index < -0.39 is 10.7 Å². The second kappa shape index (κ2) is 7.91. The number of hydrogen-bond donors (Lipinski definition) is 2. The highest BCUT2D eigenvalue weighted by molar-refractivity contribution is 5.80. The van der Waals surface area contributed by atoms with Crippen LogP contribution in [0.1, 0.15) is 12.8 Å². The summed E-state index contributed by atoms with van der Waals surface area (Å²) in [6, 6.07) is 2.17. The highest BCUT2D eigenvalue weighted by Crippen LogP contribution is 2.36. The predicted octanol–water partition coefficient (Wildman–Crippen LogP) is 1.03. The van der Waals surface area contributed by atoms with Crippen LogP contribution >= 0.6 is 0 Å². The second-order valence-corrected chi connectivity index (χ2v) is 5.60. The maximum absolute atomic E-state index is 13.8. The van der Waals surface area contributed by atoms with Crippen LogP contribution in [-0.2, 0) is 4.79 Å². The van der Waals surface area contributed by atoms with E-state index >= 15 is 0 Å². The molecule has 1 aliphatic heterocycles. The standard InChI is InChI=1S/C15H21FN4O4/c1-24-14-8-12(13(20(22)23)7-11(14)16)19-6-2-3-10(9-19)15(21)18-5-4-17/h7-8,10H,2-6,9,17H2,1H3,(H,18,21). The molecule has 3 N–H and O–H groups in total. The van der Waals surface area contributed by atoms with Crippen LogP contribution in [0.15, 0.2) is 12.1 Å². The number of ether oxygens (including phenoxy) is 1. The van der Waals surface area contributed by atoms with Crippen LogP contribution in [-0.4, -0.2) is 44.1 Å². The van der Waals surface area contributed by atoms with Gasteiger partial charge in [-0.2, -0.15) is 0 Å². The van der Waals surface area contributed by atoms with Crippen LogP contribution < -0.4 is 20.7 Å². The minimum Gasteiger partial charge on any atom is -0.494 e. The minimum atomic E-state index is -0.790. The Kier molecular flexibility index (Phi) is 5.91. The first kappa shape index (κ1) is 17.9. The summed E-state index contributed by atoms with van der Waals surface area (Å²) in [6.45, 7) is 1.62. The van der Waals surface area contributed by atoms with Gasteiger partial charge in [-0.25, -0.2) is 4.39 Å². The lowest BCUT2D eigenvalue weighted by Gasteiger charge is -2.33. The number of carbonyl (C=O) groups is 1. The Bertz CT molecular complexity index is 626. The van der Waals surface area contributed by atoms with Gasteiger partial charge in [0, 0.05) is 32.2 Å². The van der Waals surface area contributed by atoms with Gasteiger partial charge < -0.3 is 20.7 Å². The van der Waals surface area contributed by atoms with Crippen molar-refractivity contribution in [1.29, 1.82) is 0 Å². The van der Waals surface area contributed by atoms with Gasteiger partial charge >= 0.3 is 0 Å². The summed E-state index contributed by atoms with van der Waals surface area (Å²) in [5.41, 5.74) is 5.30. The summed E-state index contributed by atoms with van der Waals surface area (Å²) in [6.07, 6.45) is 1.40. The minimum absolute atomic E-state index is 0.0645. The van der Waals surface area contributed by atoms with Crippen LogP contribution in [0, 0.1) is 21.8 Å². The zero-order valence-electron chi connectivity index (χ0n) is 13.5. The van der Waals surface area contributed by atoms with Crippen LogP contribution in [0.5, 0.6) is 5.75 Å². The number of nitro groups is 1. The summed E-state index contributed by atoms with van der Waals surface area (Å²) in [4.78, 5) is 24.5. The summed E-state index contributed by atoms with van der Waals surface area (Å²) in [5.74, 6) is -1.27. The molecule has 0 aliphatic carbocycles. The van der Waals surface area contributed by atoms with Gasteiger partial charge in [0.15, 0.2) is 11.6 Å². The molecule has 8 nitrogen and oxygen atoms in total. The SMILES string of the molecule is COc1cc(N2CCCC(C(=O)NCCN)C2)c([N+](=O)[O-])cc1F. The Balaban J connectivity index is 2.26. The normalized spacial score (nSPS) is 17.5. The van der Waals surface area contributed by atoms with Crippen molar-refractivity contribution in [3.05, 3.63) is 28.1 Å². The number of rotatable bonds is 6. The van der Waals surface area contributed by atoms with Crippen LogP contribution in [0.4, 0.5) is 15.8 Å². The van der Waals surface area contributed by atoms with Crippen molar-refractivity contribution in [3.63, 3.8) is 0 Å². The number of piperidine rings is 1. The van der Waals surface area contributed by atoms with E-state index in [1.165, 1.54) is 13.2 Å². The van der Waals surface area contributed by atoms with Crippen molar-refractivity contribution < 1.29 is 18.8 Å². The van der Waals surface area contributed by atoms with E-state index in [-0.39, 0.29) is 28.9 Å². The number of hydrogen-bond acceptors (Lipinski definition) is 6.